The normalized spacial score (nSPS) is 17.1. The second-order valence-corrected chi connectivity index (χ2v) is 6.75. The van der Waals surface area contributed by atoms with Gasteiger partial charge in [0.2, 0.25) is 10.0 Å². The number of nitrogens with two attached hydrogens (primary N) is 1. The van der Waals surface area contributed by atoms with Crippen LogP contribution in [0.1, 0.15) is 24.8 Å². The quantitative estimate of drug-likeness (QED) is 0.833. The molecule has 0 aliphatic heterocycles. The molecule has 1 saturated carbocycles. The number of methoxy groups -OCH3 is 1. The molecule has 1 aliphatic rings. The molecular weight excluding hydrogens is 278 g/mol. The van der Waals surface area contributed by atoms with E-state index in [1.807, 2.05) is 6.07 Å². The lowest BCUT2D eigenvalue weighted by atomic mass is 9.78. The summed E-state index contributed by atoms with van der Waals surface area (Å²) in [5.41, 5.74) is 5.91. The number of benzene rings is 1. The highest BCUT2D eigenvalue weighted by atomic mass is 32.2. The van der Waals surface area contributed by atoms with Crippen LogP contribution in [0.15, 0.2) is 23.1 Å². The van der Waals surface area contributed by atoms with Crippen LogP contribution < -0.4 is 15.2 Å². The van der Waals surface area contributed by atoms with Crippen LogP contribution in [0.2, 0.25) is 0 Å². The van der Waals surface area contributed by atoms with Crippen molar-refractivity contribution in [3.05, 3.63) is 23.8 Å². The zero-order valence-corrected chi connectivity index (χ0v) is 12.0. The Morgan fingerprint density at radius 1 is 1.50 bits per heavy atom. The van der Waals surface area contributed by atoms with Gasteiger partial charge >= 0.3 is 0 Å². The largest absolute Gasteiger partial charge is 0.495 e. The highest BCUT2D eigenvalue weighted by molar-refractivity contribution is 7.89. The molecule has 0 amide bonds. The minimum absolute atomic E-state index is 0.0157. The molecule has 1 aliphatic carbocycles. The number of nitrogens with one attached hydrogen (secondary N) is 1. The van der Waals surface area contributed by atoms with E-state index in [1.165, 1.54) is 25.3 Å². The van der Waals surface area contributed by atoms with Crippen molar-refractivity contribution in [3.63, 3.8) is 0 Å². The molecule has 0 spiro atoms. The standard InChI is InChI=1S/C13H17N3O3S/c1-19-11-7-10(8-14)3-4-12(11)20(17,18)16-9-13(15)5-2-6-13/h3-4,7,16H,2,5-6,9,15H2,1H3. The number of sulfonamides is 1. The predicted molar refractivity (Wildman–Crippen MR) is 73.7 cm³/mol. The van der Waals surface area contributed by atoms with Crippen LogP contribution in [0.25, 0.3) is 0 Å². The Labute approximate surface area is 118 Å². The predicted octanol–water partition coefficient (Wildman–Crippen LogP) is 0.727. The summed E-state index contributed by atoms with van der Waals surface area (Å²) in [5.74, 6) is 0.149. The third kappa shape index (κ3) is 2.93. The fourth-order valence-electron chi connectivity index (χ4n) is 2.08. The molecule has 0 atom stereocenters. The maximum absolute atomic E-state index is 12.3. The van der Waals surface area contributed by atoms with Crippen molar-refractivity contribution in [2.75, 3.05) is 13.7 Å². The molecule has 108 valence electrons. The Balaban J connectivity index is 2.22. The molecule has 6 nitrogen and oxygen atoms in total. The SMILES string of the molecule is COc1cc(C#N)ccc1S(=O)(=O)NCC1(N)CCC1. The minimum atomic E-state index is -3.70. The molecular formula is C13H17N3O3S. The van der Waals surface area contributed by atoms with Gasteiger partial charge < -0.3 is 10.5 Å². The highest BCUT2D eigenvalue weighted by Crippen LogP contribution is 2.29. The van der Waals surface area contributed by atoms with E-state index in [-0.39, 0.29) is 17.2 Å². The summed E-state index contributed by atoms with van der Waals surface area (Å²) >= 11 is 0. The Hall–Kier alpha value is -1.62. The van der Waals surface area contributed by atoms with Crippen LogP contribution in [0.4, 0.5) is 0 Å². The molecule has 2 rings (SSSR count). The molecule has 0 bridgehead atoms. The molecule has 7 heteroatoms. The van der Waals surface area contributed by atoms with Crippen LogP contribution >= 0.6 is 0 Å². The van der Waals surface area contributed by atoms with E-state index in [0.717, 1.165) is 19.3 Å². The average molecular weight is 295 g/mol. The van der Waals surface area contributed by atoms with Crippen molar-refractivity contribution in [3.8, 4) is 11.8 Å². The maximum Gasteiger partial charge on any atom is 0.244 e. The molecule has 3 N–H and O–H groups in total. The Bertz CT molecular complexity index is 645. The second kappa shape index (κ2) is 5.40. The summed E-state index contributed by atoms with van der Waals surface area (Å²) in [5, 5.41) is 8.81. The number of hydrogen-bond donors (Lipinski definition) is 2. The van der Waals surface area contributed by atoms with E-state index in [2.05, 4.69) is 4.72 Å². The van der Waals surface area contributed by atoms with Crippen molar-refractivity contribution in [2.45, 2.75) is 29.7 Å². The lowest BCUT2D eigenvalue weighted by Gasteiger charge is -2.38. The van der Waals surface area contributed by atoms with Gasteiger partial charge in [0.25, 0.3) is 0 Å². The molecule has 0 radical (unpaired) electrons. The van der Waals surface area contributed by atoms with Gasteiger partial charge in [-0.3, -0.25) is 0 Å². The summed E-state index contributed by atoms with van der Waals surface area (Å²) in [4.78, 5) is 0.0157. The topological polar surface area (TPSA) is 105 Å². The first-order chi connectivity index (χ1) is 9.40. The molecule has 1 aromatic rings. The van der Waals surface area contributed by atoms with Gasteiger partial charge in [0.15, 0.2) is 0 Å². The van der Waals surface area contributed by atoms with Crippen LogP contribution in [-0.4, -0.2) is 27.6 Å². The van der Waals surface area contributed by atoms with Crippen LogP contribution in [0.3, 0.4) is 0 Å². The number of rotatable bonds is 5. The number of hydrogen-bond acceptors (Lipinski definition) is 5. The van der Waals surface area contributed by atoms with Crippen molar-refractivity contribution in [2.24, 2.45) is 5.73 Å². The highest BCUT2D eigenvalue weighted by Gasteiger charge is 2.34. The van der Waals surface area contributed by atoms with E-state index in [1.54, 1.807) is 0 Å². The van der Waals surface area contributed by atoms with E-state index in [0.29, 0.717) is 5.56 Å². The lowest BCUT2D eigenvalue weighted by molar-refractivity contribution is 0.251. The van der Waals surface area contributed by atoms with Crippen molar-refractivity contribution in [1.82, 2.24) is 4.72 Å². The summed E-state index contributed by atoms with van der Waals surface area (Å²) in [7, 11) is -2.33. The minimum Gasteiger partial charge on any atom is -0.495 e. The third-order valence-electron chi connectivity index (χ3n) is 3.55. The van der Waals surface area contributed by atoms with Crippen molar-refractivity contribution < 1.29 is 13.2 Å². The fourth-order valence-corrected chi connectivity index (χ4v) is 3.37. The zero-order chi connectivity index (χ0) is 14.8. The van der Waals surface area contributed by atoms with Crippen LogP contribution in [0, 0.1) is 11.3 Å². The smallest absolute Gasteiger partial charge is 0.244 e. The van der Waals surface area contributed by atoms with E-state index >= 15 is 0 Å². The summed E-state index contributed by atoms with van der Waals surface area (Å²) < 4.78 is 32.1. The van der Waals surface area contributed by atoms with Gasteiger partial charge in [-0.25, -0.2) is 13.1 Å². The van der Waals surface area contributed by atoms with Gasteiger partial charge in [-0.1, -0.05) is 0 Å². The van der Waals surface area contributed by atoms with Gasteiger partial charge in [0.05, 0.1) is 18.7 Å². The molecule has 0 unspecified atom stereocenters. The van der Waals surface area contributed by atoms with Gasteiger partial charge in [-0.05, 0) is 37.5 Å². The Kier molecular flexibility index (Phi) is 3.99. The lowest BCUT2D eigenvalue weighted by Crippen LogP contribution is -2.54. The first kappa shape index (κ1) is 14.8. The van der Waals surface area contributed by atoms with Gasteiger partial charge in [0, 0.05) is 12.1 Å². The van der Waals surface area contributed by atoms with E-state index in [9.17, 15) is 8.42 Å². The van der Waals surface area contributed by atoms with Gasteiger partial charge in [0.1, 0.15) is 10.6 Å². The summed E-state index contributed by atoms with van der Waals surface area (Å²) in [6.07, 6.45) is 2.67. The molecule has 0 heterocycles. The maximum atomic E-state index is 12.3. The van der Waals surface area contributed by atoms with Crippen LogP contribution in [-0.2, 0) is 10.0 Å². The van der Waals surface area contributed by atoms with Crippen LogP contribution in [0.5, 0.6) is 5.75 Å². The molecule has 0 aromatic heterocycles. The average Bonchev–Trinajstić information content (AvgIpc) is 2.42. The first-order valence-electron chi connectivity index (χ1n) is 6.27. The number of nitriles is 1. The van der Waals surface area contributed by atoms with Crippen molar-refractivity contribution >= 4 is 10.0 Å². The fraction of sp³-hybridized carbons (Fsp3) is 0.462. The Morgan fingerprint density at radius 3 is 2.70 bits per heavy atom. The molecule has 20 heavy (non-hydrogen) atoms. The summed E-state index contributed by atoms with van der Waals surface area (Å²) in [6.45, 7) is 0.207. The second-order valence-electron chi connectivity index (χ2n) is 5.02. The monoisotopic (exact) mass is 295 g/mol. The molecule has 1 aromatic carbocycles. The zero-order valence-electron chi connectivity index (χ0n) is 11.2. The molecule has 0 saturated heterocycles. The number of ether oxygens (including phenoxy) is 1. The molecule has 1 fully saturated rings. The van der Waals surface area contributed by atoms with Gasteiger partial charge in [-0.2, -0.15) is 5.26 Å². The van der Waals surface area contributed by atoms with E-state index in [4.69, 9.17) is 15.7 Å². The van der Waals surface area contributed by atoms with E-state index < -0.39 is 15.6 Å². The van der Waals surface area contributed by atoms with Crippen molar-refractivity contribution in [1.29, 1.82) is 5.26 Å². The summed E-state index contributed by atoms with van der Waals surface area (Å²) in [6, 6.07) is 6.15. The van der Waals surface area contributed by atoms with Gasteiger partial charge in [-0.15, -0.1) is 0 Å². The number of nitrogens with zero attached hydrogens (tertiary/aromatic N) is 1. The third-order valence-corrected chi connectivity index (χ3v) is 4.99. The first-order valence-corrected chi connectivity index (χ1v) is 7.75. The Morgan fingerprint density at radius 2 is 2.20 bits per heavy atom.